The Morgan fingerprint density at radius 2 is 1.79 bits per heavy atom. The number of piperidine rings is 1. The molecule has 0 saturated carbocycles. The van der Waals surface area contributed by atoms with Crippen LogP contribution in [-0.4, -0.2) is 49.6 Å². The van der Waals surface area contributed by atoms with Crippen LogP contribution in [0.15, 0.2) is 72.9 Å². The van der Waals surface area contributed by atoms with E-state index in [4.69, 9.17) is 14.2 Å². The summed E-state index contributed by atoms with van der Waals surface area (Å²) < 4.78 is 33.0. The fraction of sp³-hybridized carbons (Fsp3) is 0.303. The van der Waals surface area contributed by atoms with Crippen LogP contribution < -0.4 is 30.2 Å². The number of rotatable bonds is 10. The van der Waals surface area contributed by atoms with Gasteiger partial charge in [0.2, 0.25) is 0 Å². The van der Waals surface area contributed by atoms with E-state index < -0.39 is 17.6 Å². The van der Waals surface area contributed by atoms with Crippen molar-refractivity contribution in [2.75, 3.05) is 32.1 Å². The molecule has 1 unspecified atom stereocenters. The number of nitrogens with one attached hydrogen (secondary N) is 3. The molecular weight excluding hydrogens is 551 g/mol. The molecule has 10 heteroatoms. The molecule has 43 heavy (non-hydrogen) atoms. The summed E-state index contributed by atoms with van der Waals surface area (Å²) in [5, 5.41) is 8.93. The summed E-state index contributed by atoms with van der Waals surface area (Å²) >= 11 is 0. The Hall–Kier alpha value is -4.70. The Morgan fingerprint density at radius 1 is 1.00 bits per heavy atom. The highest BCUT2D eigenvalue weighted by atomic mass is 19.1. The van der Waals surface area contributed by atoms with Crippen LogP contribution in [0, 0.1) is 11.7 Å². The largest absolute Gasteiger partial charge is 0.496 e. The number of anilines is 1. The van der Waals surface area contributed by atoms with Crippen LogP contribution in [0.1, 0.15) is 25.3 Å². The second kappa shape index (κ2) is 14.0. The molecule has 0 bridgehead atoms. The second-order valence-corrected chi connectivity index (χ2v) is 10.4. The third-order valence-electron chi connectivity index (χ3n) is 7.49. The van der Waals surface area contributed by atoms with Crippen molar-refractivity contribution in [1.82, 2.24) is 15.6 Å². The first-order valence-electron chi connectivity index (χ1n) is 14.4. The molecule has 9 nitrogen and oxygen atoms in total. The molecule has 4 aromatic rings. The first kappa shape index (κ1) is 29.8. The summed E-state index contributed by atoms with van der Waals surface area (Å²) in [4.78, 5) is 29.0. The number of hydrogen-bond acceptors (Lipinski definition) is 7. The van der Waals surface area contributed by atoms with Gasteiger partial charge in [0.15, 0.2) is 11.6 Å². The Morgan fingerprint density at radius 3 is 2.53 bits per heavy atom. The smallest absolute Gasteiger partial charge is 0.313 e. The Balaban J connectivity index is 1.24. The molecular formula is C33H35FN4O5. The first-order chi connectivity index (χ1) is 20.9. The Kier molecular flexibility index (Phi) is 9.68. The molecule has 0 aliphatic carbocycles. The fourth-order valence-electron chi connectivity index (χ4n) is 5.15. The molecule has 2 heterocycles. The summed E-state index contributed by atoms with van der Waals surface area (Å²) in [6, 6.07) is 18.8. The average molecular weight is 587 g/mol. The van der Waals surface area contributed by atoms with Crippen LogP contribution in [0.5, 0.6) is 23.0 Å². The van der Waals surface area contributed by atoms with Crippen molar-refractivity contribution in [3.8, 4) is 23.0 Å². The maximum atomic E-state index is 15.1. The van der Waals surface area contributed by atoms with E-state index >= 15 is 4.39 Å². The summed E-state index contributed by atoms with van der Waals surface area (Å²) in [5.41, 5.74) is 1.73. The second-order valence-electron chi connectivity index (χ2n) is 10.4. The number of benzene rings is 3. The van der Waals surface area contributed by atoms with Crippen molar-refractivity contribution in [2.24, 2.45) is 5.92 Å². The van der Waals surface area contributed by atoms with Gasteiger partial charge in [-0.1, -0.05) is 30.3 Å². The zero-order valence-corrected chi connectivity index (χ0v) is 24.2. The van der Waals surface area contributed by atoms with E-state index in [0.717, 1.165) is 37.6 Å². The molecule has 1 aliphatic heterocycles. The van der Waals surface area contributed by atoms with Crippen molar-refractivity contribution in [1.29, 1.82) is 0 Å². The number of amides is 2. The van der Waals surface area contributed by atoms with Crippen molar-refractivity contribution >= 4 is 28.4 Å². The molecule has 1 atom stereocenters. The zero-order valence-electron chi connectivity index (χ0n) is 24.2. The maximum Gasteiger partial charge on any atom is 0.313 e. The molecule has 1 aromatic heterocycles. The predicted octanol–water partition coefficient (Wildman–Crippen LogP) is 5.24. The van der Waals surface area contributed by atoms with Gasteiger partial charge in [0.25, 0.3) is 0 Å². The van der Waals surface area contributed by atoms with Crippen LogP contribution in [0.3, 0.4) is 0 Å². The molecule has 1 saturated heterocycles. The molecule has 224 valence electrons. The van der Waals surface area contributed by atoms with Crippen molar-refractivity contribution in [3.05, 3.63) is 84.3 Å². The molecule has 0 radical (unpaired) electrons. The lowest BCUT2D eigenvalue weighted by Gasteiger charge is -2.28. The fourth-order valence-corrected chi connectivity index (χ4v) is 5.15. The quantitative estimate of drug-likeness (QED) is 0.218. The molecule has 3 N–H and O–H groups in total. The van der Waals surface area contributed by atoms with Gasteiger partial charge in [-0.05, 0) is 69.0 Å². The standard InChI is InChI=1S/C33H35FN4O5/c1-21(23-11-14-35-15-12-23)42-25-19-27-31(30(20-25)41-2)29(13-17-36-27)43-28-9-8-24(18-26(28)34)38-33(40)32(39)37-16-10-22-6-4-3-5-7-22/h3-9,13,17-21,23,35H,10-12,14-16H2,1-2H3,(H,37,39)(H,38,40). The minimum atomic E-state index is -0.890. The van der Waals surface area contributed by atoms with Gasteiger partial charge in [-0.25, -0.2) is 4.39 Å². The Bertz CT molecular complexity index is 1580. The number of carbonyl (C=O) groups is 2. The van der Waals surface area contributed by atoms with E-state index in [1.165, 1.54) is 12.1 Å². The van der Waals surface area contributed by atoms with E-state index in [1.54, 1.807) is 25.4 Å². The molecule has 1 aliphatic rings. The van der Waals surface area contributed by atoms with E-state index in [1.807, 2.05) is 36.4 Å². The van der Waals surface area contributed by atoms with Gasteiger partial charge in [-0.15, -0.1) is 0 Å². The lowest BCUT2D eigenvalue weighted by Crippen LogP contribution is -2.36. The van der Waals surface area contributed by atoms with Crippen molar-refractivity contribution in [2.45, 2.75) is 32.3 Å². The van der Waals surface area contributed by atoms with Crippen LogP contribution in [-0.2, 0) is 16.0 Å². The van der Waals surface area contributed by atoms with E-state index in [2.05, 4.69) is 27.9 Å². The number of ether oxygens (including phenoxy) is 3. The highest BCUT2D eigenvalue weighted by Crippen LogP contribution is 2.39. The van der Waals surface area contributed by atoms with Gasteiger partial charge in [0.1, 0.15) is 17.2 Å². The average Bonchev–Trinajstić information content (AvgIpc) is 3.02. The van der Waals surface area contributed by atoms with Crippen LogP contribution >= 0.6 is 0 Å². The normalized spacial score (nSPS) is 14.1. The number of halogens is 1. The monoisotopic (exact) mass is 586 g/mol. The first-order valence-corrected chi connectivity index (χ1v) is 14.4. The van der Waals surface area contributed by atoms with Crippen molar-refractivity contribution in [3.63, 3.8) is 0 Å². The summed E-state index contributed by atoms with van der Waals surface area (Å²) in [6.07, 6.45) is 4.29. The van der Waals surface area contributed by atoms with E-state index in [-0.39, 0.29) is 17.5 Å². The number of aromatic nitrogens is 1. The minimum absolute atomic E-state index is 0.0251. The highest BCUT2D eigenvalue weighted by Gasteiger charge is 2.23. The number of fused-ring (bicyclic) bond motifs is 1. The highest BCUT2D eigenvalue weighted by molar-refractivity contribution is 6.39. The molecule has 3 aromatic carbocycles. The predicted molar refractivity (Wildman–Crippen MR) is 162 cm³/mol. The van der Waals surface area contributed by atoms with Gasteiger partial charge in [0.05, 0.1) is 24.1 Å². The Labute approximate surface area is 249 Å². The number of nitrogens with zero attached hydrogens (tertiary/aromatic N) is 1. The number of methoxy groups -OCH3 is 1. The lowest BCUT2D eigenvalue weighted by atomic mass is 9.93. The lowest BCUT2D eigenvalue weighted by molar-refractivity contribution is -0.136. The maximum absolute atomic E-state index is 15.1. The van der Waals surface area contributed by atoms with Crippen molar-refractivity contribution < 1.29 is 28.2 Å². The number of pyridine rings is 1. The van der Waals surface area contributed by atoms with Crippen LogP contribution in [0.25, 0.3) is 10.9 Å². The summed E-state index contributed by atoms with van der Waals surface area (Å²) in [5.74, 6) is -0.574. The van der Waals surface area contributed by atoms with Gasteiger partial charge >= 0.3 is 11.8 Å². The van der Waals surface area contributed by atoms with Gasteiger partial charge in [-0.2, -0.15) is 0 Å². The van der Waals surface area contributed by atoms with Gasteiger partial charge < -0.3 is 30.2 Å². The van der Waals surface area contributed by atoms with Gasteiger partial charge in [0, 0.05) is 36.6 Å². The summed E-state index contributed by atoms with van der Waals surface area (Å²) in [7, 11) is 1.54. The van der Waals surface area contributed by atoms with E-state index in [9.17, 15) is 9.59 Å². The van der Waals surface area contributed by atoms with Crippen LogP contribution in [0.4, 0.5) is 10.1 Å². The number of hydrogen-bond donors (Lipinski definition) is 3. The molecule has 5 rings (SSSR count). The zero-order chi connectivity index (χ0) is 30.2. The third kappa shape index (κ3) is 7.58. The molecule has 2 amide bonds. The SMILES string of the molecule is COc1cc(OC(C)C2CCNCC2)cc2nccc(Oc3ccc(NC(=O)C(=O)NCCc4ccccc4)cc3F)c12. The third-order valence-corrected chi connectivity index (χ3v) is 7.49. The molecule has 1 fully saturated rings. The number of carbonyl (C=O) groups excluding carboxylic acids is 2. The van der Waals surface area contributed by atoms with Crippen LogP contribution in [0.2, 0.25) is 0 Å². The minimum Gasteiger partial charge on any atom is -0.496 e. The topological polar surface area (TPSA) is 111 Å². The summed E-state index contributed by atoms with van der Waals surface area (Å²) in [6.45, 7) is 4.34. The van der Waals surface area contributed by atoms with E-state index in [0.29, 0.717) is 47.0 Å². The van der Waals surface area contributed by atoms with Gasteiger partial charge in [-0.3, -0.25) is 14.6 Å². The molecule has 0 spiro atoms.